The number of halogens is 2. The normalized spacial score (nSPS) is 18.2. The maximum Gasteiger partial charge on any atom is 0.407 e. The summed E-state index contributed by atoms with van der Waals surface area (Å²) in [4.78, 5) is 71.3. The molecule has 17 heteroatoms. The standard InChI is InChI=1S/C48H50F2N8O7/c1-27(2)40(55-47(61)63-3)44(59)58-26-35(65-46(49)50)23-39(58)43-52-24-36(53-43)29-14-12-28(13-15-29)31-16-17-33-22-34(19-18-32(33)21-31)37-25-51-42(54-37)38-11-8-20-57(38)45(60)41(56-48(62)64-4)30-9-6-5-7-10-30/h5-7,9-10,12-19,21-22,24-25,27,35,38-41,46H,8,11,20,23,26H2,1-4H3,(H,51,54)(H,52,53)(H,55,61)(H,56,62)/t35-,38-,39-,40?,41?/m0/s1. The molecule has 2 unspecified atom stereocenters. The van der Waals surface area contributed by atoms with Gasteiger partial charge in [0.05, 0.1) is 56.2 Å². The number of amides is 4. The van der Waals surface area contributed by atoms with Gasteiger partial charge in [-0.3, -0.25) is 9.59 Å². The Hall–Kier alpha value is -7.14. The van der Waals surface area contributed by atoms with Crippen molar-refractivity contribution >= 4 is 34.8 Å². The number of hydrogen-bond donors (Lipinski definition) is 4. The van der Waals surface area contributed by atoms with Crippen LogP contribution in [0.4, 0.5) is 18.4 Å². The lowest BCUT2D eigenvalue weighted by molar-refractivity contribution is -0.160. The number of nitrogens with zero attached hydrogens (tertiary/aromatic N) is 4. The monoisotopic (exact) mass is 888 g/mol. The molecule has 0 aliphatic carbocycles. The van der Waals surface area contributed by atoms with Crippen molar-refractivity contribution in [1.82, 2.24) is 40.4 Å². The Bertz CT molecular complexity index is 2650. The minimum absolute atomic E-state index is 0.0909. The fraction of sp³-hybridized carbons (Fsp3) is 0.333. The van der Waals surface area contributed by atoms with Gasteiger partial charge in [0.2, 0.25) is 5.91 Å². The summed E-state index contributed by atoms with van der Waals surface area (Å²) in [7, 11) is 2.47. The third-order valence-corrected chi connectivity index (χ3v) is 12.1. The van der Waals surface area contributed by atoms with Crippen LogP contribution in [0.25, 0.3) is 44.4 Å². The Morgan fingerprint density at radius 3 is 1.94 bits per heavy atom. The molecule has 65 heavy (non-hydrogen) atoms. The van der Waals surface area contributed by atoms with Crippen LogP contribution in [-0.2, 0) is 23.8 Å². The number of methoxy groups -OCH3 is 2. The highest BCUT2D eigenvalue weighted by molar-refractivity contribution is 5.91. The number of alkyl halides is 2. The molecule has 4 heterocycles. The van der Waals surface area contributed by atoms with Gasteiger partial charge in [-0.25, -0.2) is 19.6 Å². The smallest absolute Gasteiger partial charge is 0.407 e. The summed E-state index contributed by atoms with van der Waals surface area (Å²) < 4.78 is 41.0. The van der Waals surface area contributed by atoms with Gasteiger partial charge < -0.3 is 44.6 Å². The first-order valence-electron chi connectivity index (χ1n) is 21.4. The lowest BCUT2D eigenvalue weighted by Gasteiger charge is -2.29. The number of carbonyl (C=O) groups is 4. The van der Waals surface area contributed by atoms with Crippen LogP contribution in [0.5, 0.6) is 0 Å². The van der Waals surface area contributed by atoms with Crippen molar-refractivity contribution in [3.05, 3.63) is 121 Å². The molecule has 2 aromatic heterocycles. The number of likely N-dealkylation sites (tertiary alicyclic amines) is 2. The number of alkyl carbamates (subject to hydrolysis) is 2. The lowest BCUT2D eigenvalue weighted by atomic mass is 9.98. The van der Waals surface area contributed by atoms with E-state index in [1.54, 1.807) is 43.3 Å². The molecular weight excluding hydrogens is 839 g/mol. The minimum Gasteiger partial charge on any atom is -0.453 e. The van der Waals surface area contributed by atoms with E-state index in [0.717, 1.165) is 51.6 Å². The predicted molar refractivity (Wildman–Crippen MR) is 237 cm³/mol. The van der Waals surface area contributed by atoms with Gasteiger partial charge >= 0.3 is 18.8 Å². The second-order valence-corrected chi connectivity index (χ2v) is 16.5. The summed E-state index contributed by atoms with van der Waals surface area (Å²) in [5.41, 5.74) is 5.93. The highest BCUT2D eigenvalue weighted by Gasteiger charge is 2.43. The number of ether oxygens (including phenoxy) is 3. The van der Waals surface area contributed by atoms with Crippen molar-refractivity contribution in [2.75, 3.05) is 27.3 Å². The average molecular weight is 889 g/mol. The minimum atomic E-state index is -3.01. The molecule has 8 rings (SSSR count). The van der Waals surface area contributed by atoms with Gasteiger partial charge in [-0.05, 0) is 63.9 Å². The SMILES string of the molecule is COC(=O)NC(C(=O)N1CCC[C@H]1c1ncc(-c2ccc3cc(-c4ccc(-c5cnc([C@@H]6C[C@H](OC(F)F)CN6C(=O)C(NC(=O)OC)C(C)C)[nH]5)cc4)ccc3c2)[nH]1)c1ccccc1. The summed E-state index contributed by atoms with van der Waals surface area (Å²) in [6.07, 6.45) is 2.65. The maximum absolute atomic E-state index is 14.0. The van der Waals surface area contributed by atoms with Gasteiger partial charge in [0.25, 0.3) is 5.91 Å². The highest BCUT2D eigenvalue weighted by Crippen LogP contribution is 2.37. The molecule has 4 N–H and O–H groups in total. The van der Waals surface area contributed by atoms with Crippen LogP contribution in [0.3, 0.4) is 0 Å². The predicted octanol–water partition coefficient (Wildman–Crippen LogP) is 8.31. The zero-order valence-electron chi connectivity index (χ0n) is 36.3. The topological polar surface area (TPSA) is 184 Å². The van der Waals surface area contributed by atoms with Gasteiger partial charge in [-0.15, -0.1) is 0 Å². The van der Waals surface area contributed by atoms with E-state index in [4.69, 9.17) is 19.2 Å². The fourth-order valence-corrected chi connectivity index (χ4v) is 8.75. The Morgan fingerprint density at radius 2 is 1.29 bits per heavy atom. The van der Waals surface area contributed by atoms with Gasteiger partial charge in [0, 0.05) is 25.1 Å². The van der Waals surface area contributed by atoms with E-state index in [1.807, 2.05) is 48.5 Å². The van der Waals surface area contributed by atoms with Gasteiger partial charge in [-0.2, -0.15) is 8.78 Å². The van der Waals surface area contributed by atoms with Crippen LogP contribution in [0.1, 0.15) is 68.4 Å². The molecule has 338 valence electrons. The number of fused-ring (bicyclic) bond motifs is 1. The van der Waals surface area contributed by atoms with Crippen LogP contribution in [0.2, 0.25) is 0 Å². The molecule has 6 aromatic rings. The number of aromatic amines is 2. The van der Waals surface area contributed by atoms with Crippen LogP contribution in [-0.4, -0.2) is 99.8 Å². The Labute approximate surface area is 373 Å². The third kappa shape index (κ3) is 9.69. The fourth-order valence-electron chi connectivity index (χ4n) is 8.75. The molecule has 4 aromatic carbocycles. The second kappa shape index (κ2) is 19.3. The largest absolute Gasteiger partial charge is 0.453 e. The van der Waals surface area contributed by atoms with E-state index < -0.39 is 48.9 Å². The molecule has 0 spiro atoms. The Balaban J connectivity index is 0.958. The van der Waals surface area contributed by atoms with Crippen molar-refractivity contribution in [2.45, 2.75) is 70.0 Å². The van der Waals surface area contributed by atoms with Gasteiger partial charge in [-0.1, -0.05) is 92.7 Å². The van der Waals surface area contributed by atoms with E-state index in [2.05, 4.69) is 55.9 Å². The van der Waals surface area contributed by atoms with Crippen LogP contribution < -0.4 is 10.6 Å². The summed E-state index contributed by atoms with van der Waals surface area (Å²) in [5, 5.41) is 7.34. The Morgan fingerprint density at radius 1 is 0.708 bits per heavy atom. The summed E-state index contributed by atoms with van der Waals surface area (Å²) in [6.45, 7) is 0.962. The van der Waals surface area contributed by atoms with Crippen molar-refractivity contribution in [3.63, 3.8) is 0 Å². The van der Waals surface area contributed by atoms with Crippen molar-refractivity contribution in [3.8, 4) is 33.6 Å². The Kier molecular flexibility index (Phi) is 13.2. The molecule has 0 radical (unpaired) electrons. The number of carbonyl (C=O) groups excluding carboxylic acids is 4. The van der Waals surface area contributed by atoms with Gasteiger partial charge in [0.1, 0.15) is 23.7 Å². The molecule has 5 atom stereocenters. The van der Waals surface area contributed by atoms with E-state index in [-0.39, 0.29) is 30.8 Å². The van der Waals surface area contributed by atoms with Crippen molar-refractivity contribution < 1.29 is 42.2 Å². The molecule has 2 fully saturated rings. The van der Waals surface area contributed by atoms with Crippen molar-refractivity contribution in [1.29, 1.82) is 0 Å². The first-order valence-corrected chi connectivity index (χ1v) is 21.4. The summed E-state index contributed by atoms with van der Waals surface area (Å²) >= 11 is 0. The first-order chi connectivity index (χ1) is 31.4. The van der Waals surface area contributed by atoms with Crippen LogP contribution >= 0.6 is 0 Å². The summed E-state index contributed by atoms with van der Waals surface area (Å²) in [5.74, 6) is 0.0919. The number of H-pyrrole nitrogens is 2. The van der Waals surface area contributed by atoms with Crippen LogP contribution in [0.15, 0.2) is 103 Å². The maximum atomic E-state index is 14.0. The molecule has 2 aliphatic rings. The van der Waals surface area contributed by atoms with E-state index in [1.165, 1.54) is 19.1 Å². The van der Waals surface area contributed by atoms with Crippen LogP contribution in [0, 0.1) is 5.92 Å². The number of rotatable bonds is 13. The lowest BCUT2D eigenvalue weighted by Crippen LogP contribution is -2.51. The molecule has 2 saturated heterocycles. The van der Waals surface area contributed by atoms with E-state index in [0.29, 0.717) is 29.5 Å². The number of benzene rings is 4. The molecule has 15 nitrogen and oxygen atoms in total. The molecule has 2 aliphatic heterocycles. The zero-order valence-corrected chi connectivity index (χ0v) is 36.3. The first kappa shape index (κ1) is 44.5. The quantitative estimate of drug-likeness (QED) is 0.0886. The molecule has 0 bridgehead atoms. The number of hydrogen-bond acceptors (Lipinski definition) is 9. The number of aromatic nitrogens is 4. The highest BCUT2D eigenvalue weighted by atomic mass is 19.3. The van der Waals surface area contributed by atoms with Crippen molar-refractivity contribution in [2.24, 2.45) is 5.92 Å². The van der Waals surface area contributed by atoms with E-state index >= 15 is 0 Å². The molecule has 0 saturated carbocycles. The third-order valence-electron chi connectivity index (χ3n) is 12.1. The average Bonchev–Trinajstić information content (AvgIpc) is 4.17. The molecule has 4 amide bonds. The number of imidazole rings is 2. The van der Waals surface area contributed by atoms with E-state index in [9.17, 15) is 28.0 Å². The second-order valence-electron chi connectivity index (χ2n) is 16.5. The molecular formula is C48H50F2N8O7. The summed E-state index contributed by atoms with van der Waals surface area (Å²) in [6, 6.07) is 26.6. The van der Waals surface area contributed by atoms with Gasteiger partial charge in [0.15, 0.2) is 0 Å². The number of nitrogens with one attached hydrogen (secondary N) is 4. The zero-order chi connectivity index (χ0) is 45.8.